The van der Waals surface area contributed by atoms with Crippen LogP contribution in [0, 0.1) is 5.92 Å². The van der Waals surface area contributed by atoms with Crippen LogP contribution in [0.25, 0.3) is 0 Å². The zero-order valence-electron chi connectivity index (χ0n) is 11.5. The van der Waals surface area contributed by atoms with Gasteiger partial charge in [-0.3, -0.25) is 0 Å². The minimum atomic E-state index is 0.808. The third-order valence-corrected chi connectivity index (χ3v) is 4.12. The second-order valence-electron chi connectivity index (χ2n) is 5.55. The number of ether oxygens (including phenoxy) is 2. The molecule has 1 N–H and O–H groups in total. The van der Waals surface area contributed by atoms with E-state index in [1.165, 1.54) is 24.0 Å². The van der Waals surface area contributed by atoms with E-state index in [2.05, 4.69) is 23.5 Å². The maximum atomic E-state index is 5.53. The number of benzene rings is 1. The van der Waals surface area contributed by atoms with Crippen LogP contribution in [0.15, 0.2) is 18.2 Å². The van der Waals surface area contributed by atoms with Crippen LogP contribution >= 0.6 is 0 Å². The van der Waals surface area contributed by atoms with Crippen LogP contribution in [-0.2, 0) is 17.6 Å². The van der Waals surface area contributed by atoms with Gasteiger partial charge >= 0.3 is 0 Å². The van der Waals surface area contributed by atoms with E-state index < -0.39 is 0 Å². The van der Waals surface area contributed by atoms with Crippen molar-refractivity contribution >= 4 is 0 Å². The molecule has 2 aliphatic rings. The Labute approximate surface area is 115 Å². The summed E-state index contributed by atoms with van der Waals surface area (Å²) in [5.41, 5.74) is 2.80. The maximum absolute atomic E-state index is 5.53. The molecule has 1 fully saturated rings. The van der Waals surface area contributed by atoms with Gasteiger partial charge in [0.05, 0.1) is 6.61 Å². The van der Waals surface area contributed by atoms with Crippen molar-refractivity contribution in [2.24, 2.45) is 5.92 Å². The van der Waals surface area contributed by atoms with Crippen LogP contribution < -0.4 is 10.1 Å². The molecule has 1 aromatic rings. The first kappa shape index (κ1) is 12.9. The van der Waals surface area contributed by atoms with Crippen molar-refractivity contribution in [1.29, 1.82) is 0 Å². The van der Waals surface area contributed by atoms with Gasteiger partial charge in [0.2, 0.25) is 0 Å². The molecule has 3 nitrogen and oxygen atoms in total. The van der Waals surface area contributed by atoms with Gasteiger partial charge in [0.25, 0.3) is 0 Å². The van der Waals surface area contributed by atoms with Gasteiger partial charge in [-0.2, -0.15) is 0 Å². The summed E-state index contributed by atoms with van der Waals surface area (Å²) in [4.78, 5) is 0. The molecule has 0 amide bonds. The van der Waals surface area contributed by atoms with Crippen molar-refractivity contribution in [3.63, 3.8) is 0 Å². The highest BCUT2D eigenvalue weighted by atomic mass is 16.5. The SMILES string of the molecule is c1cc2c(cc1CCNCC1CCOCC1)CCO2. The van der Waals surface area contributed by atoms with E-state index in [-0.39, 0.29) is 0 Å². The highest BCUT2D eigenvalue weighted by Gasteiger charge is 2.13. The topological polar surface area (TPSA) is 30.5 Å². The maximum Gasteiger partial charge on any atom is 0.122 e. The molecule has 0 aromatic heterocycles. The van der Waals surface area contributed by atoms with Gasteiger partial charge in [0, 0.05) is 19.6 Å². The van der Waals surface area contributed by atoms with Gasteiger partial charge in [0.15, 0.2) is 0 Å². The van der Waals surface area contributed by atoms with Crippen LogP contribution in [-0.4, -0.2) is 32.9 Å². The van der Waals surface area contributed by atoms with Gasteiger partial charge in [-0.25, -0.2) is 0 Å². The Hall–Kier alpha value is -1.06. The molecule has 3 heteroatoms. The van der Waals surface area contributed by atoms with E-state index in [1.807, 2.05) is 0 Å². The van der Waals surface area contributed by atoms with E-state index in [0.29, 0.717) is 0 Å². The Morgan fingerprint density at radius 3 is 2.95 bits per heavy atom. The van der Waals surface area contributed by atoms with Gasteiger partial charge < -0.3 is 14.8 Å². The molecule has 3 rings (SSSR count). The lowest BCUT2D eigenvalue weighted by Gasteiger charge is -2.22. The van der Waals surface area contributed by atoms with Crippen molar-refractivity contribution in [2.75, 3.05) is 32.9 Å². The lowest BCUT2D eigenvalue weighted by Crippen LogP contribution is -2.29. The molecule has 2 heterocycles. The minimum absolute atomic E-state index is 0.808. The lowest BCUT2D eigenvalue weighted by atomic mass is 10.0. The van der Waals surface area contributed by atoms with Crippen LogP contribution in [0.3, 0.4) is 0 Å². The molecular formula is C16H23NO2. The van der Waals surface area contributed by atoms with Gasteiger partial charge in [0.1, 0.15) is 5.75 Å². The summed E-state index contributed by atoms with van der Waals surface area (Å²) in [5.74, 6) is 1.89. The first-order valence-electron chi connectivity index (χ1n) is 7.45. The predicted octanol–water partition coefficient (Wildman–Crippen LogP) is 2.18. The number of hydrogen-bond donors (Lipinski definition) is 1. The Morgan fingerprint density at radius 2 is 2.05 bits per heavy atom. The molecular weight excluding hydrogens is 238 g/mol. The Kier molecular flexibility index (Phi) is 4.36. The van der Waals surface area contributed by atoms with E-state index >= 15 is 0 Å². The quantitative estimate of drug-likeness (QED) is 0.824. The summed E-state index contributed by atoms with van der Waals surface area (Å²) >= 11 is 0. The highest BCUT2D eigenvalue weighted by molar-refractivity contribution is 5.39. The Morgan fingerprint density at radius 1 is 1.16 bits per heavy atom. The van der Waals surface area contributed by atoms with Crippen molar-refractivity contribution in [2.45, 2.75) is 25.7 Å². The molecule has 0 saturated carbocycles. The molecule has 0 radical (unpaired) electrons. The summed E-state index contributed by atoms with van der Waals surface area (Å²) in [5, 5.41) is 3.58. The number of fused-ring (bicyclic) bond motifs is 1. The molecule has 0 unspecified atom stereocenters. The molecule has 104 valence electrons. The minimum Gasteiger partial charge on any atom is -0.493 e. The Bertz CT molecular complexity index is 413. The standard InChI is InChI=1S/C16H23NO2/c1-2-16-15(6-10-19-16)11-13(1)3-7-17-12-14-4-8-18-9-5-14/h1-2,11,14,17H,3-10,12H2. The fourth-order valence-corrected chi connectivity index (χ4v) is 2.88. The molecule has 0 atom stereocenters. The van der Waals surface area contributed by atoms with Crippen molar-refractivity contribution in [3.05, 3.63) is 29.3 Å². The summed E-state index contributed by atoms with van der Waals surface area (Å²) < 4.78 is 10.9. The van der Waals surface area contributed by atoms with Gasteiger partial charge in [-0.1, -0.05) is 12.1 Å². The summed E-state index contributed by atoms with van der Waals surface area (Å²) in [6, 6.07) is 6.62. The first-order valence-corrected chi connectivity index (χ1v) is 7.45. The van der Waals surface area contributed by atoms with Crippen molar-refractivity contribution in [1.82, 2.24) is 5.32 Å². The van der Waals surface area contributed by atoms with Gasteiger partial charge in [-0.15, -0.1) is 0 Å². The normalized spacial score (nSPS) is 19.2. The third kappa shape index (κ3) is 3.48. The summed E-state index contributed by atoms with van der Waals surface area (Å²) in [6.45, 7) is 4.93. The second-order valence-corrected chi connectivity index (χ2v) is 5.55. The molecule has 19 heavy (non-hydrogen) atoms. The third-order valence-electron chi connectivity index (χ3n) is 4.12. The molecule has 2 aliphatic heterocycles. The second kappa shape index (κ2) is 6.40. The van der Waals surface area contributed by atoms with Crippen molar-refractivity contribution in [3.8, 4) is 5.75 Å². The average Bonchev–Trinajstić information content (AvgIpc) is 2.92. The molecule has 1 saturated heterocycles. The number of hydrogen-bond acceptors (Lipinski definition) is 3. The van der Waals surface area contributed by atoms with Crippen LogP contribution in [0.1, 0.15) is 24.0 Å². The Balaban J connectivity index is 1.40. The van der Waals surface area contributed by atoms with E-state index in [0.717, 1.165) is 57.4 Å². The van der Waals surface area contributed by atoms with E-state index in [9.17, 15) is 0 Å². The summed E-state index contributed by atoms with van der Waals surface area (Å²) in [7, 11) is 0. The summed E-state index contributed by atoms with van der Waals surface area (Å²) in [6.07, 6.45) is 4.60. The molecule has 0 aliphatic carbocycles. The van der Waals surface area contributed by atoms with E-state index in [1.54, 1.807) is 0 Å². The highest BCUT2D eigenvalue weighted by Crippen LogP contribution is 2.25. The largest absolute Gasteiger partial charge is 0.493 e. The zero-order valence-corrected chi connectivity index (χ0v) is 11.5. The predicted molar refractivity (Wildman–Crippen MR) is 75.8 cm³/mol. The van der Waals surface area contributed by atoms with Crippen LogP contribution in [0.2, 0.25) is 0 Å². The van der Waals surface area contributed by atoms with Crippen molar-refractivity contribution < 1.29 is 9.47 Å². The first-order chi connectivity index (χ1) is 9.42. The molecule has 1 aromatic carbocycles. The monoisotopic (exact) mass is 261 g/mol. The number of rotatable bonds is 5. The van der Waals surface area contributed by atoms with E-state index in [4.69, 9.17) is 9.47 Å². The molecule has 0 bridgehead atoms. The van der Waals surface area contributed by atoms with Gasteiger partial charge in [-0.05, 0) is 55.5 Å². The van der Waals surface area contributed by atoms with Crippen LogP contribution in [0.4, 0.5) is 0 Å². The smallest absolute Gasteiger partial charge is 0.122 e. The average molecular weight is 261 g/mol. The lowest BCUT2D eigenvalue weighted by molar-refractivity contribution is 0.0664. The zero-order chi connectivity index (χ0) is 12.9. The van der Waals surface area contributed by atoms with Crippen LogP contribution in [0.5, 0.6) is 5.75 Å². The molecule has 0 spiro atoms. The fourth-order valence-electron chi connectivity index (χ4n) is 2.88. The fraction of sp³-hybridized carbons (Fsp3) is 0.625. The number of nitrogens with one attached hydrogen (secondary N) is 1.